The molecule has 4 heteroatoms. The quantitative estimate of drug-likeness (QED) is 0.690. The van der Waals surface area contributed by atoms with Gasteiger partial charge in [-0.3, -0.25) is 0 Å². The molecule has 0 bridgehead atoms. The Morgan fingerprint density at radius 1 is 1.67 bits per heavy atom. The van der Waals surface area contributed by atoms with Gasteiger partial charge in [-0.05, 0) is 22.0 Å². The van der Waals surface area contributed by atoms with E-state index in [0.29, 0.717) is 0 Å². The molecule has 1 aliphatic rings. The molecule has 0 radical (unpaired) electrons. The van der Waals surface area contributed by atoms with Crippen molar-refractivity contribution in [3.8, 4) is 0 Å². The molecule has 2 heterocycles. The fraction of sp³-hybridized carbons (Fsp3) is 0.125. The van der Waals surface area contributed by atoms with Crippen molar-refractivity contribution >= 4 is 26.7 Å². The van der Waals surface area contributed by atoms with Gasteiger partial charge in [-0.25, -0.2) is 4.98 Å². The standard InChI is InChI=1S/C8H7BrN2O/c9-7-2-1-3-11-6(5-12)4-10-8(7)11/h1-2,4-5,12H,3H2/b6-5+. The van der Waals surface area contributed by atoms with Gasteiger partial charge in [-0.1, -0.05) is 6.08 Å². The van der Waals surface area contributed by atoms with E-state index in [0.717, 1.165) is 28.1 Å². The van der Waals surface area contributed by atoms with Gasteiger partial charge in [0.15, 0.2) is 0 Å². The smallest absolute Gasteiger partial charge is 0.147 e. The van der Waals surface area contributed by atoms with Gasteiger partial charge in [0.1, 0.15) is 11.7 Å². The van der Waals surface area contributed by atoms with Gasteiger partial charge < -0.3 is 9.67 Å². The maximum atomic E-state index is 8.83. The zero-order chi connectivity index (χ0) is 8.55. The lowest BCUT2D eigenvalue weighted by Gasteiger charge is -2.03. The first-order valence-electron chi connectivity index (χ1n) is 3.55. The molecule has 0 unspecified atom stereocenters. The molecule has 62 valence electrons. The fourth-order valence-corrected chi connectivity index (χ4v) is 1.71. The largest absolute Gasteiger partial charge is 0.513 e. The van der Waals surface area contributed by atoms with Crippen LogP contribution in [-0.2, 0) is 6.54 Å². The van der Waals surface area contributed by atoms with Gasteiger partial charge in [-0.15, -0.1) is 0 Å². The summed E-state index contributed by atoms with van der Waals surface area (Å²) in [4.78, 5) is 4.15. The van der Waals surface area contributed by atoms with Crippen LogP contribution in [0, 0.1) is 0 Å². The lowest BCUT2D eigenvalue weighted by molar-refractivity contribution is 0.533. The number of imidazole rings is 1. The molecule has 2 rings (SSSR count). The van der Waals surface area contributed by atoms with E-state index in [1.165, 1.54) is 0 Å². The first-order valence-corrected chi connectivity index (χ1v) is 4.34. The van der Waals surface area contributed by atoms with Gasteiger partial charge in [0.05, 0.1) is 16.0 Å². The summed E-state index contributed by atoms with van der Waals surface area (Å²) in [5.41, 5.74) is 0.859. The monoisotopic (exact) mass is 226 g/mol. The molecule has 0 aromatic carbocycles. The van der Waals surface area contributed by atoms with E-state index in [9.17, 15) is 0 Å². The first-order chi connectivity index (χ1) is 5.83. The summed E-state index contributed by atoms with van der Waals surface area (Å²) in [6.07, 6.45) is 6.68. The Kier molecular flexibility index (Phi) is 1.77. The highest BCUT2D eigenvalue weighted by Crippen LogP contribution is 2.07. The third-order valence-corrected chi connectivity index (χ3v) is 2.40. The molecule has 3 nitrogen and oxygen atoms in total. The summed E-state index contributed by atoms with van der Waals surface area (Å²) in [5.74, 6) is 0. The van der Waals surface area contributed by atoms with Crippen LogP contribution in [0.2, 0.25) is 0 Å². The lowest BCUT2D eigenvalue weighted by atomic mass is 10.4. The molecule has 0 aliphatic carbocycles. The van der Waals surface area contributed by atoms with Crippen molar-refractivity contribution in [2.24, 2.45) is 0 Å². The van der Waals surface area contributed by atoms with Crippen LogP contribution in [0.5, 0.6) is 0 Å². The highest BCUT2D eigenvalue weighted by Gasteiger charge is 2.03. The van der Waals surface area contributed by atoms with E-state index in [1.807, 2.05) is 16.7 Å². The average molecular weight is 227 g/mol. The third-order valence-electron chi connectivity index (χ3n) is 1.78. The van der Waals surface area contributed by atoms with Crippen molar-refractivity contribution < 1.29 is 5.11 Å². The highest BCUT2D eigenvalue weighted by molar-refractivity contribution is 9.15. The lowest BCUT2D eigenvalue weighted by Crippen LogP contribution is -2.29. The van der Waals surface area contributed by atoms with Crippen LogP contribution >= 0.6 is 15.9 Å². The van der Waals surface area contributed by atoms with Crippen molar-refractivity contribution in [1.82, 2.24) is 9.55 Å². The number of hydrogen-bond acceptors (Lipinski definition) is 2. The van der Waals surface area contributed by atoms with Crippen LogP contribution in [0.4, 0.5) is 0 Å². The minimum absolute atomic E-state index is 0.728. The summed E-state index contributed by atoms with van der Waals surface area (Å²) in [6, 6.07) is 0. The number of aromatic nitrogens is 2. The summed E-state index contributed by atoms with van der Waals surface area (Å²) >= 11 is 3.38. The molecule has 1 aliphatic heterocycles. The molecule has 0 saturated carbocycles. The third kappa shape index (κ3) is 0.992. The highest BCUT2D eigenvalue weighted by atomic mass is 79.9. The molecular formula is C8H7BrN2O. The van der Waals surface area contributed by atoms with Gasteiger partial charge in [0, 0.05) is 6.54 Å². The van der Waals surface area contributed by atoms with E-state index in [4.69, 9.17) is 5.11 Å². The number of nitrogens with zero attached hydrogens (tertiary/aromatic N) is 2. The van der Waals surface area contributed by atoms with Gasteiger partial charge in [0.25, 0.3) is 0 Å². The molecule has 0 fully saturated rings. The van der Waals surface area contributed by atoms with E-state index < -0.39 is 0 Å². The van der Waals surface area contributed by atoms with Crippen LogP contribution in [0.25, 0.3) is 10.7 Å². The summed E-state index contributed by atoms with van der Waals surface area (Å²) in [6.45, 7) is 0.761. The molecule has 1 aromatic heterocycles. The van der Waals surface area contributed by atoms with Crippen LogP contribution in [0.3, 0.4) is 0 Å². The summed E-state index contributed by atoms with van der Waals surface area (Å²) < 4.78 is 2.87. The van der Waals surface area contributed by atoms with Crippen molar-refractivity contribution in [3.05, 3.63) is 29.2 Å². The normalized spacial score (nSPS) is 16.8. The number of aliphatic hydroxyl groups excluding tert-OH is 1. The first kappa shape index (κ1) is 7.61. The Morgan fingerprint density at radius 3 is 3.25 bits per heavy atom. The number of allylic oxidation sites excluding steroid dienone is 2. The predicted molar refractivity (Wildman–Crippen MR) is 50.0 cm³/mol. The van der Waals surface area contributed by atoms with E-state index in [1.54, 1.807) is 6.20 Å². The van der Waals surface area contributed by atoms with Gasteiger partial charge >= 0.3 is 0 Å². The Hall–Kier alpha value is -1.03. The Labute approximate surface area is 77.5 Å². The molecule has 1 N–H and O–H groups in total. The molecule has 12 heavy (non-hydrogen) atoms. The molecule has 1 aromatic rings. The number of rotatable bonds is 0. The van der Waals surface area contributed by atoms with E-state index in [-0.39, 0.29) is 0 Å². The Morgan fingerprint density at radius 2 is 2.50 bits per heavy atom. The number of fused-ring (bicyclic) bond motifs is 1. The Bertz CT molecular complexity index is 444. The summed E-state index contributed by atoms with van der Waals surface area (Å²) in [5, 5.41) is 9.56. The average Bonchev–Trinajstić information content (AvgIpc) is 2.49. The summed E-state index contributed by atoms with van der Waals surface area (Å²) in [7, 11) is 0. The van der Waals surface area contributed by atoms with Crippen LogP contribution in [0.15, 0.2) is 18.3 Å². The zero-order valence-electron chi connectivity index (χ0n) is 6.24. The van der Waals surface area contributed by atoms with Crippen molar-refractivity contribution in [3.63, 3.8) is 0 Å². The number of aliphatic hydroxyl groups is 1. The van der Waals surface area contributed by atoms with Gasteiger partial charge in [-0.2, -0.15) is 0 Å². The number of hydrogen-bond donors (Lipinski definition) is 1. The molecule has 0 amide bonds. The predicted octanol–water partition coefficient (Wildman–Crippen LogP) is 0.252. The molecule has 0 saturated heterocycles. The van der Waals surface area contributed by atoms with Crippen LogP contribution < -0.4 is 10.8 Å². The minimum atomic E-state index is 0.728. The second-order valence-corrected chi connectivity index (χ2v) is 3.35. The number of halogens is 1. The van der Waals surface area contributed by atoms with Crippen molar-refractivity contribution in [2.45, 2.75) is 6.54 Å². The minimum Gasteiger partial charge on any atom is -0.513 e. The molecular weight excluding hydrogens is 220 g/mol. The SMILES string of the molecule is O/C=c1\cnc2n1CC=CC=2Br. The molecule has 0 atom stereocenters. The van der Waals surface area contributed by atoms with Gasteiger partial charge in [0.2, 0.25) is 0 Å². The maximum absolute atomic E-state index is 8.83. The van der Waals surface area contributed by atoms with E-state index >= 15 is 0 Å². The van der Waals surface area contributed by atoms with Crippen LogP contribution in [-0.4, -0.2) is 14.7 Å². The topological polar surface area (TPSA) is 38.1 Å². The Balaban J connectivity index is 2.86. The van der Waals surface area contributed by atoms with Crippen molar-refractivity contribution in [1.29, 1.82) is 0 Å². The fourth-order valence-electron chi connectivity index (χ4n) is 1.21. The second kappa shape index (κ2) is 2.79. The molecule has 0 spiro atoms. The maximum Gasteiger partial charge on any atom is 0.147 e. The second-order valence-electron chi connectivity index (χ2n) is 2.50. The van der Waals surface area contributed by atoms with E-state index in [2.05, 4.69) is 20.9 Å². The van der Waals surface area contributed by atoms with Crippen LogP contribution in [0.1, 0.15) is 0 Å². The van der Waals surface area contributed by atoms with Crippen molar-refractivity contribution in [2.75, 3.05) is 0 Å². The zero-order valence-corrected chi connectivity index (χ0v) is 7.82.